The molecule has 2 heterocycles. The highest BCUT2D eigenvalue weighted by Gasteiger charge is 2.11. The number of anilines is 1. The van der Waals surface area contributed by atoms with Gasteiger partial charge < -0.3 is 19.1 Å². The molecular weight excluding hydrogens is 673 g/mol. The van der Waals surface area contributed by atoms with Crippen LogP contribution < -0.4 is 9.64 Å². The Morgan fingerprint density at radius 2 is 1.64 bits per heavy atom. The minimum absolute atomic E-state index is 0. The van der Waals surface area contributed by atoms with Gasteiger partial charge in [0.1, 0.15) is 22.2 Å². The van der Waals surface area contributed by atoms with Crippen LogP contribution in [0.3, 0.4) is 0 Å². The number of esters is 2. The van der Waals surface area contributed by atoms with Gasteiger partial charge in [-0.25, -0.2) is 9.78 Å². The standard InChI is InChI=1S/C37H30N6O5S2.7H2/c1-5-9-10-11-12-13-15-35(48-34(45)14-6-2)47-30-22-18-28(19-23-30)39-41-32-26-31-36(50-32)38-37(49-31)42-40-27-16-20-29(21-17-27)43(8-4)24-25-46-33(44)7-3;;;;;;;/h7,16-23,26H,1,3,6,8,14,24-25H2,2,4H3;7*1H. The van der Waals surface area contributed by atoms with E-state index in [9.17, 15) is 9.59 Å². The fourth-order valence-corrected chi connectivity index (χ4v) is 5.71. The molecular formula is C37H44N6O5S2. The highest BCUT2D eigenvalue weighted by atomic mass is 32.1. The van der Waals surface area contributed by atoms with Gasteiger partial charge in [0.25, 0.3) is 0 Å². The first kappa shape index (κ1) is 36.5. The van der Waals surface area contributed by atoms with Gasteiger partial charge in [0.2, 0.25) is 5.13 Å². The van der Waals surface area contributed by atoms with Crippen LogP contribution in [0.5, 0.6) is 5.75 Å². The van der Waals surface area contributed by atoms with Crippen molar-refractivity contribution in [3.8, 4) is 5.75 Å². The lowest BCUT2D eigenvalue weighted by molar-refractivity contribution is -0.142. The predicted molar refractivity (Wildman–Crippen MR) is 208 cm³/mol. The van der Waals surface area contributed by atoms with Gasteiger partial charge >= 0.3 is 17.9 Å². The molecule has 0 atom stereocenters. The van der Waals surface area contributed by atoms with E-state index in [0.717, 1.165) is 27.8 Å². The number of thiophene rings is 1. The number of nitrogens with zero attached hydrogens (tertiary/aromatic N) is 6. The number of hydrogen-bond donors (Lipinski definition) is 0. The van der Waals surface area contributed by atoms with E-state index < -0.39 is 11.9 Å². The summed E-state index contributed by atoms with van der Waals surface area (Å²) in [6, 6.07) is 16.3. The van der Waals surface area contributed by atoms with Crippen LogP contribution in [0.4, 0.5) is 27.2 Å². The molecule has 0 aliphatic heterocycles. The fraction of sp³-hybridized carbons (Fsp3) is 0.189. The highest BCUT2D eigenvalue weighted by molar-refractivity contribution is 7.30. The molecule has 0 aliphatic carbocycles. The van der Waals surface area contributed by atoms with Crippen molar-refractivity contribution in [3.05, 3.63) is 120 Å². The molecule has 4 aromatic rings. The minimum Gasteiger partial charge on any atom is -0.461 e. The van der Waals surface area contributed by atoms with Crippen molar-refractivity contribution in [2.24, 2.45) is 20.5 Å². The van der Waals surface area contributed by atoms with Crippen LogP contribution in [0, 0.1) is 0 Å². The Labute approximate surface area is 307 Å². The van der Waals surface area contributed by atoms with Crippen LogP contribution in [0.25, 0.3) is 9.53 Å². The van der Waals surface area contributed by atoms with E-state index in [1.54, 1.807) is 24.3 Å². The summed E-state index contributed by atoms with van der Waals surface area (Å²) in [5, 5.41) is 18.5. The van der Waals surface area contributed by atoms with Gasteiger partial charge in [-0.3, -0.25) is 4.79 Å². The van der Waals surface area contributed by atoms with Crippen molar-refractivity contribution in [2.75, 3.05) is 24.6 Å². The largest absolute Gasteiger partial charge is 0.461 e. The van der Waals surface area contributed by atoms with E-state index in [2.05, 4.69) is 83.6 Å². The number of hydrogen-bond acceptors (Lipinski definition) is 13. The minimum atomic E-state index is -0.468. The molecule has 0 saturated carbocycles. The first-order valence-corrected chi connectivity index (χ1v) is 16.8. The third-order valence-electron chi connectivity index (χ3n) is 6.16. The Balaban J connectivity index is -0.00000201. The molecule has 2 aromatic carbocycles. The Hall–Kier alpha value is -6.29. The van der Waals surface area contributed by atoms with Crippen LogP contribution >= 0.6 is 22.7 Å². The summed E-state index contributed by atoms with van der Waals surface area (Å²) < 4.78 is 16.9. The number of azo groups is 2. The molecule has 0 bridgehead atoms. The van der Waals surface area contributed by atoms with Crippen molar-refractivity contribution in [3.63, 3.8) is 0 Å². The molecule has 0 saturated heterocycles. The molecule has 50 heavy (non-hydrogen) atoms. The van der Waals surface area contributed by atoms with Crippen molar-refractivity contribution in [1.29, 1.82) is 0 Å². The quantitative estimate of drug-likeness (QED) is 0.0394. The van der Waals surface area contributed by atoms with Crippen molar-refractivity contribution >= 4 is 71.3 Å². The molecule has 0 unspecified atom stereocenters. The van der Waals surface area contributed by atoms with Crippen LogP contribution in [0.15, 0.2) is 140 Å². The third kappa shape index (κ3) is 11.7. The molecule has 0 N–H and O–H groups in total. The van der Waals surface area contributed by atoms with Crippen LogP contribution in [-0.4, -0.2) is 36.6 Å². The van der Waals surface area contributed by atoms with E-state index in [-0.39, 0.29) is 29.0 Å². The van der Waals surface area contributed by atoms with Crippen LogP contribution in [0.1, 0.15) is 36.7 Å². The zero-order valence-corrected chi connectivity index (χ0v) is 28.9. The fourth-order valence-electron chi connectivity index (χ4n) is 3.87. The SMILES string of the molecule is C=C=C=C=C=C=C=C=C(OC(=O)CCC)Oc1ccc(N=Nc2cc3sc(N=Nc4ccc(N(CC)CCOC(=O)C=C)cc4)nc3s2)cc1.[HH].[HH].[HH].[HH].[HH].[HH].[HH]. The average Bonchev–Trinajstić information content (AvgIpc) is 3.69. The molecule has 4 rings (SSSR count). The molecule has 0 amide bonds. The first-order valence-electron chi connectivity index (χ1n) is 15.2. The van der Waals surface area contributed by atoms with E-state index in [4.69, 9.17) is 14.2 Å². The number of carbonyl (C=O) groups is 2. The summed E-state index contributed by atoms with van der Waals surface area (Å²) in [6.45, 7) is 12.3. The zero-order chi connectivity index (χ0) is 35.6. The Kier molecular flexibility index (Phi) is 14.3. The molecule has 0 fully saturated rings. The second-order valence-electron chi connectivity index (χ2n) is 9.65. The van der Waals surface area contributed by atoms with Crippen molar-refractivity contribution < 1.29 is 33.8 Å². The lowest BCUT2D eigenvalue weighted by Crippen LogP contribution is -2.27. The number of ether oxygens (including phenoxy) is 3. The Bertz CT molecular complexity index is 2170. The Morgan fingerprint density at radius 1 is 0.940 bits per heavy atom. The van der Waals surface area contributed by atoms with Gasteiger partial charge in [-0.05, 0) is 103 Å². The molecule has 0 aliphatic rings. The average molecular weight is 717 g/mol. The summed E-state index contributed by atoms with van der Waals surface area (Å²) in [5.74, 6) is -0.714. The third-order valence-corrected chi connectivity index (χ3v) is 8.09. The molecule has 13 heteroatoms. The predicted octanol–water partition coefficient (Wildman–Crippen LogP) is 11.7. The summed E-state index contributed by atoms with van der Waals surface area (Å²) in [6.07, 6.45) is 1.99. The molecule has 0 radical (unpaired) electrons. The van der Waals surface area contributed by atoms with Gasteiger partial charge in [-0.15, -0.1) is 20.5 Å². The number of carbonyl (C=O) groups excluding carboxylic acids is 2. The summed E-state index contributed by atoms with van der Waals surface area (Å²) in [5.41, 5.74) is 19.8. The van der Waals surface area contributed by atoms with Crippen molar-refractivity contribution in [2.45, 2.75) is 26.7 Å². The van der Waals surface area contributed by atoms with E-state index in [1.807, 2.05) is 44.2 Å². The smallest absolute Gasteiger partial charge is 0.350 e. The monoisotopic (exact) mass is 716 g/mol. The summed E-state index contributed by atoms with van der Waals surface area (Å²) in [7, 11) is 0. The van der Waals surface area contributed by atoms with Gasteiger partial charge in [0.15, 0.2) is 0 Å². The topological polar surface area (TPSA) is 127 Å². The zero-order valence-electron chi connectivity index (χ0n) is 27.3. The van der Waals surface area contributed by atoms with Crippen LogP contribution in [0.2, 0.25) is 0 Å². The lowest BCUT2D eigenvalue weighted by atomic mass is 10.2. The summed E-state index contributed by atoms with van der Waals surface area (Å²) >= 11 is 2.79. The summed E-state index contributed by atoms with van der Waals surface area (Å²) in [4.78, 5) is 30.7. The number of thiazole rings is 1. The number of fused-ring (bicyclic) bond motifs is 1. The maximum Gasteiger partial charge on any atom is 0.350 e. The number of likely N-dealkylation sites (N-methyl/N-ethyl adjacent to an activating group) is 1. The molecule has 11 nitrogen and oxygen atoms in total. The van der Waals surface area contributed by atoms with E-state index in [0.29, 0.717) is 40.2 Å². The number of rotatable bonds is 15. The van der Waals surface area contributed by atoms with E-state index >= 15 is 0 Å². The molecule has 2 aromatic heterocycles. The molecule has 0 spiro atoms. The second kappa shape index (κ2) is 19.5. The van der Waals surface area contributed by atoms with Gasteiger partial charge in [-0.1, -0.05) is 41.9 Å². The van der Waals surface area contributed by atoms with E-state index in [1.165, 1.54) is 22.7 Å². The van der Waals surface area contributed by atoms with Gasteiger partial charge in [0, 0.05) is 40.4 Å². The lowest BCUT2D eigenvalue weighted by Gasteiger charge is -2.22. The first-order chi connectivity index (χ1) is 24.4. The highest BCUT2D eigenvalue weighted by Crippen LogP contribution is 2.39. The van der Waals surface area contributed by atoms with Crippen LogP contribution in [-0.2, 0) is 19.1 Å². The maximum absolute atomic E-state index is 12.0. The number of benzene rings is 2. The number of aromatic nitrogens is 1. The second-order valence-corrected chi connectivity index (χ2v) is 11.7. The normalized spacial score (nSPS) is 10.2. The van der Waals surface area contributed by atoms with Crippen molar-refractivity contribution in [1.82, 2.24) is 4.98 Å². The van der Waals surface area contributed by atoms with Gasteiger partial charge in [-0.2, -0.15) is 0 Å². The van der Waals surface area contributed by atoms with Gasteiger partial charge in [0.05, 0.1) is 22.6 Å². The Morgan fingerprint density at radius 3 is 2.32 bits per heavy atom. The molecule has 264 valence electrons. The maximum atomic E-state index is 12.0.